The van der Waals surface area contributed by atoms with Crippen molar-refractivity contribution in [1.82, 2.24) is 0 Å². The summed E-state index contributed by atoms with van der Waals surface area (Å²) in [5.41, 5.74) is 0.895. The summed E-state index contributed by atoms with van der Waals surface area (Å²) in [5.74, 6) is 0. The molecule has 0 spiro atoms. The highest BCUT2D eigenvalue weighted by molar-refractivity contribution is 4.90. The van der Waals surface area contributed by atoms with Crippen LogP contribution in [0.2, 0.25) is 0 Å². The van der Waals surface area contributed by atoms with Gasteiger partial charge in [-0.2, -0.15) is 0 Å². The summed E-state index contributed by atoms with van der Waals surface area (Å²) in [5, 5.41) is 17.0. The lowest BCUT2D eigenvalue weighted by Gasteiger charge is -2.03. The van der Waals surface area contributed by atoms with Crippen LogP contribution in [0.4, 0.5) is 0 Å². The molecule has 2 N–H and O–H groups in total. The molecule has 0 aliphatic carbocycles. The van der Waals surface area contributed by atoms with Crippen LogP contribution in [0.25, 0.3) is 0 Å². The van der Waals surface area contributed by atoms with Crippen LogP contribution in [0.1, 0.15) is 13.3 Å². The van der Waals surface area contributed by atoms with E-state index in [1.807, 2.05) is 6.92 Å². The quantitative estimate of drug-likeness (QED) is 0.521. The fourth-order valence-corrected chi connectivity index (χ4v) is 0.467. The van der Waals surface area contributed by atoms with Crippen LogP contribution in [0.5, 0.6) is 0 Å². The second-order valence-electron chi connectivity index (χ2n) is 2.00. The fraction of sp³-hybridized carbons (Fsp3) is 0.667. The lowest BCUT2D eigenvalue weighted by atomic mass is 10.2. The Balaban J connectivity index is 3.24. The number of aliphatic hydroxyl groups is 2. The van der Waals surface area contributed by atoms with Gasteiger partial charge in [-0.05, 0) is 13.3 Å². The molecule has 0 bridgehead atoms. The zero-order chi connectivity index (χ0) is 6.57. The standard InChI is InChI=1S/C6H12O2/c1-5(2)3-6(8)4-7/h6-8H,1,3-4H2,2H3/t6-/m1/s1. The van der Waals surface area contributed by atoms with Crippen LogP contribution in [-0.2, 0) is 0 Å². The molecular formula is C6H12O2. The van der Waals surface area contributed by atoms with Gasteiger partial charge in [0.05, 0.1) is 12.7 Å². The van der Waals surface area contributed by atoms with Crippen LogP contribution in [0.15, 0.2) is 12.2 Å². The summed E-state index contributed by atoms with van der Waals surface area (Å²) in [6, 6.07) is 0. The number of aliphatic hydroxyl groups excluding tert-OH is 2. The average molecular weight is 116 g/mol. The zero-order valence-corrected chi connectivity index (χ0v) is 5.09. The Kier molecular flexibility index (Phi) is 3.48. The van der Waals surface area contributed by atoms with Gasteiger partial charge in [0.25, 0.3) is 0 Å². The predicted molar refractivity (Wildman–Crippen MR) is 32.5 cm³/mol. The molecule has 48 valence electrons. The second kappa shape index (κ2) is 3.64. The second-order valence-corrected chi connectivity index (χ2v) is 2.00. The van der Waals surface area contributed by atoms with Gasteiger partial charge in [0.2, 0.25) is 0 Å². The van der Waals surface area contributed by atoms with E-state index in [-0.39, 0.29) is 6.61 Å². The first-order valence-corrected chi connectivity index (χ1v) is 2.60. The molecule has 0 heterocycles. The van der Waals surface area contributed by atoms with Crippen molar-refractivity contribution >= 4 is 0 Å². The number of hydrogen-bond donors (Lipinski definition) is 2. The molecule has 0 saturated carbocycles. The molecule has 0 aromatic rings. The Hall–Kier alpha value is -0.340. The van der Waals surface area contributed by atoms with Gasteiger partial charge >= 0.3 is 0 Å². The Morgan fingerprint density at radius 1 is 1.75 bits per heavy atom. The van der Waals surface area contributed by atoms with Crippen molar-refractivity contribution in [1.29, 1.82) is 0 Å². The van der Waals surface area contributed by atoms with E-state index in [4.69, 9.17) is 10.2 Å². The molecule has 0 aliphatic heterocycles. The molecule has 2 nitrogen and oxygen atoms in total. The lowest BCUT2D eigenvalue weighted by Crippen LogP contribution is -2.11. The van der Waals surface area contributed by atoms with Crippen LogP contribution in [-0.4, -0.2) is 22.9 Å². The van der Waals surface area contributed by atoms with E-state index in [2.05, 4.69) is 6.58 Å². The monoisotopic (exact) mass is 116 g/mol. The highest BCUT2D eigenvalue weighted by atomic mass is 16.3. The Morgan fingerprint density at radius 3 is 2.38 bits per heavy atom. The molecule has 8 heavy (non-hydrogen) atoms. The molecule has 0 aliphatic rings. The minimum absolute atomic E-state index is 0.174. The van der Waals surface area contributed by atoms with E-state index in [0.717, 1.165) is 5.57 Å². The highest BCUT2D eigenvalue weighted by Crippen LogP contribution is 1.99. The molecule has 0 saturated heterocycles. The first kappa shape index (κ1) is 7.66. The maximum absolute atomic E-state index is 8.72. The molecule has 0 fully saturated rings. The number of rotatable bonds is 3. The summed E-state index contributed by atoms with van der Waals surface area (Å²) in [6.45, 7) is 5.22. The molecule has 0 rings (SSSR count). The fourth-order valence-electron chi connectivity index (χ4n) is 0.467. The normalized spacial score (nSPS) is 13.4. The molecule has 1 atom stereocenters. The van der Waals surface area contributed by atoms with Crippen molar-refractivity contribution in [2.24, 2.45) is 0 Å². The summed E-state index contributed by atoms with van der Waals surface area (Å²) in [7, 11) is 0. The van der Waals surface area contributed by atoms with E-state index in [0.29, 0.717) is 6.42 Å². The van der Waals surface area contributed by atoms with Crippen molar-refractivity contribution < 1.29 is 10.2 Å². The van der Waals surface area contributed by atoms with E-state index in [1.165, 1.54) is 0 Å². The van der Waals surface area contributed by atoms with E-state index >= 15 is 0 Å². The van der Waals surface area contributed by atoms with Crippen molar-refractivity contribution in [3.63, 3.8) is 0 Å². The van der Waals surface area contributed by atoms with Gasteiger partial charge in [0, 0.05) is 0 Å². The van der Waals surface area contributed by atoms with Crippen molar-refractivity contribution in [3.05, 3.63) is 12.2 Å². The predicted octanol–water partition coefficient (Wildman–Crippen LogP) is 0.306. The van der Waals surface area contributed by atoms with E-state index in [9.17, 15) is 0 Å². The topological polar surface area (TPSA) is 40.5 Å². The summed E-state index contributed by atoms with van der Waals surface area (Å²) in [4.78, 5) is 0. The van der Waals surface area contributed by atoms with Gasteiger partial charge in [-0.25, -0.2) is 0 Å². The SMILES string of the molecule is C=C(C)C[C@@H](O)CO. The highest BCUT2D eigenvalue weighted by Gasteiger charge is 1.99. The Morgan fingerprint density at radius 2 is 2.25 bits per heavy atom. The minimum Gasteiger partial charge on any atom is -0.394 e. The number of hydrogen-bond acceptors (Lipinski definition) is 2. The molecular weight excluding hydrogens is 104 g/mol. The van der Waals surface area contributed by atoms with Gasteiger partial charge in [-0.3, -0.25) is 0 Å². The molecule has 0 unspecified atom stereocenters. The molecule has 0 radical (unpaired) electrons. The first-order chi connectivity index (χ1) is 3.66. The average Bonchev–Trinajstić information content (AvgIpc) is 1.65. The first-order valence-electron chi connectivity index (χ1n) is 2.60. The minimum atomic E-state index is -0.618. The van der Waals surface area contributed by atoms with E-state index < -0.39 is 6.10 Å². The molecule has 2 heteroatoms. The van der Waals surface area contributed by atoms with Crippen LogP contribution >= 0.6 is 0 Å². The molecule has 0 aromatic heterocycles. The third kappa shape index (κ3) is 3.84. The van der Waals surface area contributed by atoms with Crippen LogP contribution in [0.3, 0.4) is 0 Å². The van der Waals surface area contributed by atoms with Crippen molar-refractivity contribution in [2.45, 2.75) is 19.4 Å². The van der Waals surface area contributed by atoms with Gasteiger partial charge < -0.3 is 10.2 Å². The van der Waals surface area contributed by atoms with Gasteiger partial charge in [0.1, 0.15) is 0 Å². The molecule has 0 amide bonds. The third-order valence-corrected chi connectivity index (χ3v) is 0.795. The van der Waals surface area contributed by atoms with Gasteiger partial charge in [-0.15, -0.1) is 6.58 Å². The van der Waals surface area contributed by atoms with Crippen molar-refractivity contribution in [3.8, 4) is 0 Å². The maximum Gasteiger partial charge on any atom is 0.0807 e. The smallest absolute Gasteiger partial charge is 0.0807 e. The van der Waals surface area contributed by atoms with E-state index in [1.54, 1.807) is 0 Å². The molecule has 0 aromatic carbocycles. The third-order valence-electron chi connectivity index (χ3n) is 0.795. The Labute approximate surface area is 49.5 Å². The summed E-state index contributed by atoms with van der Waals surface area (Å²) in [6.07, 6.45) is -0.122. The van der Waals surface area contributed by atoms with Crippen molar-refractivity contribution in [2.75, 3.05) is 6.61 Å². The largest absolute Gasteiger partial charge is 0.394 e. The lowest BCUT2D eigenvalue weighted by molar-refractivity contribution is 0.0956. The summed E-state index contributed by atoms with van der Waals surface area (Å²) >= 11 is 0. The summed E-state index contributed by atoms with van der Waals surface area (Å²) < 4.78 is 0. The Bertz CT molecular complexity index is 78.6. The van der Waals surface area contributed by atoms with Crippen LogP contribution in [0, 0.1) is 0 Å². The zero-order valence-electron chi connectivity index (χ0n) is 5.09. The van der Waals surface area contributed by atoms with Gasteiger partial charge in [0.15, 0.2) is 0 Å². The maximum atomic E-state index is 8.72. The van der Waals surface area contributed by atoms with Crippen LogP contribution < -0.4 is 0 Å². The van der Waals surface area contributed by atoms with Gasteiger partial charge in [-0.1, -0.05) is 5.57 Å².